The summed E-state index contributed by atoms with van der Waals surface area (Å²) in [6, 6.07) is 3.63. The second kappa shape index (κ2) is 6.46. The summed E-state index contributed by atoms with van der Waals surface area (Å²) in [6.45, 7) is 4.70. The number of urea groups is 1. The number of nitrogens with one attached hydrogen (secondary N) is 1. The minimum absolute atomic E-state index is 0.137. The number of hydrogen-bond acceptors (Lipinski definition) is 5. The summed E-state index contributed by atoms with van der Waals surface area (Å²) in [6.07, 6.45) is 6.12. The molecule has 1 atom stereocenters. The molecule has 2 fully saturated rings. The van der Waals surface area contributed by atoms with Crippen molar-refractivity contribution in [1.82, 2.24) is 20.0 Å². The van der Waals surface area contributed by atoms with Gasteiger partial charge >= 0.3 is 6.03 Å². The van der Waals surface area contributed by atoms with Crippen LogP contribution in [0.4, 0.5) is 10.6 Å². The molecule has 0 radical (unpaired) electrons. The number of nitrogens with zero attached hydrogens (tertiary/aromatic N) is 4. The quantitative estimate of drug-likeness (QED) is 0.913. The third kappa shape index (κ3) is 3.36. The molecule has 3 heterocycles. The summed E-state index contributed by atoms with van der Waals surface area (Å²) < 4.78 is 5.29. The van der Waals surface area contributed by atoms with Crippen molar-refractivity contribution in [3.63, 3.8) is 0 Å². The van der Waals surface area contributed by atoms with Gasteiger partial charge in [-0.3, -0.25) is 5.32 Å². The van der Waals surface area contributed by atoms with Crippen molar-refractivity contribution in [2.45, 2.75) is 57.4 Å². The minimum Gasteiger partial charge on any atom is -0.339 e. The molecule has 2 amide bonds. The van der Waals surface area contributed by atoms with E-state index in [0.717, 1.165) is 12.8 Å². The Kier molecular flexibility index (Phi) is 4.15. The standard InChI is InChI=1S/C18H23N5O2/c1-11(2)17-21-16(22-25-17)14-4-3-9-23(14)18(24)20-15-8-7-13(10-19-15)12-5-6-12/h7-8,10-12,14H,3-6,9H2,1-2H3,(H,19,20,24). The molecule has 1 unspecified atom stereocenters. The van der Waals surface area contributed by atoms with E-state index in [1.54, 1.807) is 4.90 Å². The molecule has 2 aliphatic rings. The molecule has 132 valence electrons. The van der Waals surface area contributed by atoms with E-state index in [0.29, 0.717) is 30.0 Å². The highest BCUT2D eigenvalue weighted by atomic mass is 16.5. The van der Waals surface area contributed by atoms with Crippen LogP contribution in [-0.2, 0) is 0 Å². The highest BCUT2D eigenvalue weighted by Gasteiger charge is 2.34. The van der Waals surface area contributed by atoms with Gasteiger partial charge in [-0.05, 0) is 43.2 Å². The van der Waals surface area contributed by atoms with Crippen LogP contribution in [-0.4, -0.2) is 32.6 Å². The van der Waals surface area contributed by atoms with Crippen molar-refractivity contribution < 1.29 is 9.32 Å². The van der Waals surface area contributed by atoms with Crippen LogP contribution in [0.5, 0.6) is 0 Å². The van der Waals surface area contributed by atoms with Gasteiger partial charge in [-0.15, -0.1) is 0 Å². The summed E-state index contributed by atoms with van der Waals surface area (Å²) >= 11 is 0. The van der Waals surface area contributed by atoms with E-state index in [-0.39, 0.29) is 18.0 Å². The minimum atomic E-state index is -0.162. The van der Waals surface area contributed by atoms with Gasteiger partial charge in [0.25, 0.3) is 0 Å². The number of hydrogen-bond donors (Lipinski definition) is 1. The number of carbonyl (C=O) groups excluding carboxylic acids is 1. The molecule has 25 heavy (non-hydrogen) atoms. The lowest BCUT2D eigenvalue weighted by Crippen LogP contribution is -2.35. The maximum Gasteiger partial charge on any atom is 0.323 e. The van der Waals surface area contributed by atoms with E-state index in [1.807, 2.05) is 26.1 Å². The number of carbonyl (C=O) groups is 1. The van der Waals surface area contributed by atoms with E-state index in [9.17, 15) is 4.79 Å². The Balaban J connectivity index is 1.44. The Morgan fingerprint density at radius 3 is 2.80 bits per heavy atom. The van der Waals surface area contributed by atoms with Crippen LogP contribution >= 0.6 is 0 Å². The smallest absolute Gasteiger partial charge is 0.323 e. The van der Waals surface area contributed by atoms with Crippen LogP contribution < -0.4 is 5.32 Å². The normalized spacial score (nSPS) is 20.3. The Labute approximate surface area is 146 Å². The molecule has 2 aromatic rings. The third-order valence-corrected chi connectivity index (χ3v) is 4.83. The average Bonchev–Trinajstić information content (AvgIpc) is 3.12. The van der Waals surface area contributed by atoms with Crippen molar-refractivity contribution in [2.75, 3.05) is 11.9 Å². The molecule has 4 rings (SSSR count). The van der Waals surface area contributed by atoms with Crippen LogP contribution in [0.15, 0.2) is 22.9 Å². The molecule has 7 nitrogen and oxygen atoms in total. The highest BCUT2D eigenvalue weighted by Crippen LogP contribution is 2.39. The van der Waals surface area contributed by atoms with Gasteiger partial charge in [0.05, 0.1) is 6.04 Å². The molecule has 1 saturated heterocycles. The molecule has 1 N–H and O–H groups in total. The second-order valence-electron chi connectivity index (χ2n) is 7.18. The van der Waals surface area contributed by atoms with E-state index < -0.39 is 0 Å². The number of anilines is 1. The molecule has 0 spiro atoms. The van der Waals surface area contributed by atoms with Crippen molar-refractivity contribution in [1.29, 1.82) is 0 Å². The molecular formula is C18H23N5O2. The number of amides is 2. The zero-order chi connectivity index (χ0) is 17.4. The number of likely N-dealkylation sites (tertiary alicyclic amines) is 1. The average molecular weight is 341 g/mol. The lowest BCUT2D eigenvalue weighted by Gasteiger charge is -2.22. The monoisotopic (exact) mass is 341 g/mol. The first-order valence-electron chi connectivity index (χ1n) is 8.99. The van der Waals surface area contributed by atoms with E-state index in [1.165, 1.54) is 18.4 Å². The topological polar surface area (TPSA) is 84.2 Å². The zero-order valence-electron chi connectivity index (χ0n) is 14.6. The third-order valence-electron chi connectivity index (χ3n) is 4.83. The van der Waals surface area contributed by atoms with Gasteiger partial charge in [-0.1, -0.05) is 25.1 Å². The SMILES string of the molecule is CC(C)c1nc(C2CCCN2C(=O)Nc2ccc(C3CC3)cn2)no1. The Morgan fingerprint density at radius 2 is 2.16 bits per heavy atom. The predicted molar refractivity (Wildman–Crippen MR) is 92.3 cm³/mol. The fraction of sp³-hybridized carbons (Fsp3) is 0.556. The molecular weight excluding hydrogens is 318 g/mol. The van der Waals surface area contributed by atoms with Gasteiger partial charge in [0.2, 0.25) is 5.89 Å². The van der Waals surface area contributed by atoms with Crippen LogP contribution in [0.3, 0.4) is 0 Å². The lowest BCUT2D eigenvalue weighted by atomic mass is 10.2. The van der Waals surface area contributed by atoms with Crippen LogP contribution in [0.25, 0.3) is 0 Å². The van der Waals surface area contributed by atoms with E-state index >= 15 is 0 Å². The molecule has 1 aliphatic heterocycles. The predicted octanol–water partition coefficient (Wildman–Crippen LogP) is 3.83. The largest absolute Gasteiger partial charge is 0.339 e. The summed E-state index contributed by atoms with van der Waals surface area (Å²) in [4.78, 5) is 23.3. The van der Waals surface area contributed by atoms with Gasteiger partial charge < -0.3 is 9.42 Å². The van der Waals surface area contributed by atoms with Gasteiger partial charge in [0, 0.05) is 18.7 Å². The van der Waals surface area contributed by atoms with Crippen molar-refractivity contribution in [3.8, 4) is 0 Å². The van der Waals surface area contributed by atoms with Crippen LogP contribution in [0.1, 0.15) is 74.7 Å². The Hall–Kier alpha value is -2.44. The maximum atomic E-state index is 12.7. The fourth-order valence-electron chi connectivity index (χ4n) is 3.21. The molecule has 2 aromatic heterocycles. The number of aromatic nitrogens is 3. The molecule has 0 bridgehead atoms. The zero-order valence-corrected chi connectivity index (χ0v) is 14.6. The summed E-state index contributed by atoms with van der Waals surface area (Å²) in [5.41, 5.74) is 1.25. The molecule has 1 saturated carbocycles. The van der Waals surface area contributed by atoms with Crippen molar-refractivity contribution in [3.05, 3.63) is 35.6 Å². The van der Waals surface area contributed by atoms with Crippen LogP contribution in [0, 0.1) is 0 Å². The van der Waals surface area contributed by atoms with Crippen molar-refractivity contribution >= 4 is 11.8 Å². The number of rotatable bonds is 4. The van der Waals surface area contributed by atoms with Gasteiger partial charge in [0.15, 0.2) is 5.82 Å². The van der Waals surface area contributed by atoms with Crippen LogP contribution in [0.2, 0.25) is 0 Å². The highest BCUT2D eigenvalue weighted by molar-refractivity contribution is 5.88. The summed E-state index contributed by atoms with van der Waals surface area (Å²) in [5, 5.41) is 6.96. The fourth-order valence-corrected chi connectivity index (χ4v) is 3.21. The lowest BCUT2D eigenvalue weighted by molar-refractivity contribution is 0.203. The molecule has 1 aliphatic carbocycles. The second-order valence-corrected chi connectivity index (χ2v) is 7.18. The Bertz CT molecular complexity index is 751. The summed E-state index contributed by atoms with van der Waals surface area (Å²) in [5.74, 6) is 2.62. The maximum absolute atomic E-state index is 12.7. The Morgan fingerprint density at radius 1 is 1.32 bits per heavy atom. The number of pyridine rings is 1. The first-order valence-corrected chi connectivity index (χ1v) is 8.99. The molecule has 7 heteroatoms. The molecule has 0 aromatic carbocycles. The van der Waals surface area contributed by atoms with Gasteiger partial charge in [-0.25, -0.2) is 9.78 Å². The van der Waals surface area contributed by atoms with E-state index in [2.05, 4.69) is 26.5 Å². The first kappa shape index (κ1) is 16.1. The summed E-state index contributed by atoms with van der Waals surface area (Å²) in [7, 11) is 0. The first-order chi connectivity index (χ1) is 12.1. The van der Waals surface area contributed by atoms with Gasteiger partial charge in [0.1, 0.15) is 5.82 Å². The van der Waals surface area contributed by atoms with Crippen molar-refractivity contribution in [2.24, 2.45) is 0 Å². The van der Waals surface area contributed by atoms with Gasteiger partial charge in [-0.2, -0.15) is 4.98 Å². The van der Waals surface area contributed by atoms with E-state index in [4.69, 9.17) is 4.52 Å².